The molecule has 4 bridgehead atoms. The van der Waals surface area contributed by atoms with E-state index in [-0.39, 0.29) is 23.5 Å². The van der Waals surface area contributed by atoms with Crippen LogP contribution in [0.15, 0.2) is 0 Å². The molecule has 1 unspecified atom stereocenters. The zero-order valence-electron chi connectivity index (χ0n) is 20.2. The summed E-state index contributed by atoms with van der Waals surface area (Å²) < 4.78 is 7.26. The number of rotatable bonds is 3. The van der Waals surface area contributed by atoms with Crippen LogP contribution in [0.2, 0.25) is 0 Å². The third-order valence-electron chi connectivity index (χ3n) is 8.41. The van der Waals surface area contributed by atoms with E-state index >= 15 is 0 Å². The first-order chi connectivity index (χ1) is 15.0. The highest BCUT2D eigenvalue weighted by Gasteiger charge is 2.53. The smallest absolute Gasteiger partial charge is 0.410 e. The largest absolute Gasteiger partial charge is 0.444 e. The zero-order chi connectivity index (χ0) is 22.8. The van der Waals surface area contributed by atoms with Gasteiger partial charge in [0.05, 0.1) is 12.2 Å². The molecule has 32 heavy (non-hydrogen) atoms. The Hall–Kier alpha value is -2.05. The van der Waals surface area contributed by atoms with Crippen molar-refractivity contribution in [3.8, 4) is 0 Å². The highest BCUT2D eigenvalue weighted by Crippen LogP contribution is 2.61. The normalized spacial score (nSPS) is 31.9. The summed E-state index contributed by atoms with van der Waals surface area (Å²) in [6.07, 6.45) is 8.28. The highest BCUT2D eigenvalue weighted by molar-refractivity contribution is 5.94. The van der Waals surface area contributed by atoms with Gasteiger partial charge in [-0.1, -0.05) is 0 Å². The first-order valence-electron chi connectivity index (χ1n) is 12.4. The zero-order valence-corrected chi connectivity index (χ0v) is 20.2. The Kier molecular flexibility index (Phi) is 5.10. The van der Waals surface area contributed by atoms with Crippen molar-refractivity contribution in [1.29, 1.82) is 0 Å². The Labute approximate surface area is 191 Å². The number of hydrogen-bond donors (Lipinski definition) is 1. The van der Waals surface area contributed by atoms with Crippen LogP contribution in [0, 0.1) is 23.2 Å². The fourth-order valence-corrected chi connectivity index (χ4v) is 7.39. The van der Waals surface area contributed by atoms with E-state index in [2.05, 4.69) is 17.3 Å². The maximum absolute atomic E-state index is 13.5. The maximum atomic E-state index is 13.5. The van der Waals surface area contributed by atoms with Crippen LogP contribution >= 0.6 is 0 Å². The number of ether oxygens (including phenoxy) is 1. The lowest BCUT2D eigenvalue weighted by atomic mass is 9.48. The third kappa shape index (κ3) is 3.81. The molecule has 1 N–H and O–H groups in total. The minimum atomic E-state index is -0.542. The molecule has 5 aliphatic rings. The molecular formula is C25H38N4O3. The Bertz CT molecular complexity index is 893. The summed E-state index contributed by atoms with van der Waals surface area (Å²) >= 11 is 0. The van der Waals surface area contributed by atoms with Crippen molar-refractivity contribution in [3.63, 3.8) is 0 Å². The quantitative estimate of drug-likeness (QED) is 0.766. The predicted octanol–water partition coefficient (Wildman–Crippen LogP) is 4.05. The van der Waals surface area contributed by atoms with Crippen LogP contribution in [0.4, 0.5) is 4.79 Å². The van der Waals surface area contributed by atoms with Crippen molar-refractivity contribution in [2.45, 2.75) is 90.8 Å². The number of hydrogen-bond acceptors (Lipinski definition) is 4. The van der Waals surface area contributed by atoms with Crippen molar-refractivity contribution < 1.29 is 14.3 Å². The highest BCUT2D eigenvalue weighted by atomic mass is 16.6. The van der Waals surface area contributed by atoms with Gasteiger partial charge in [0.1, 0.15) is 11.3 Å². The molecule has 2 amide bonds. The van der Waals surface area contributed by atoms with Gasteiger partial charge in [-0.2, -0.15) is 5.10 Å². The van der Waals surface area contributed by atoms with Crippen LogP contribution in [-0.4, -0.2) is 44.9 Å². The van der Waals surface area contributed by atoms with E-state index in [0.29, 0.717) is 25.2 Å². The minimum absolute atomic E-state index is 0.0597. The number of carbonyl (C=O) groups is 2. The SMILES string of the molecule is CC(NC(=O)c1c2c(nn1C)CCN(C(=O)OC(C)(C)C)C2)C12CC3CC(CC(C3)C1)C2. The second-order valence-electron chi connectivity index (χ2n) is 12.0. The van der Waals surface area contributed by atoms with Crippen LogP contribution in [0.25, 0.3) is 0 Å². The van der Waals surface area contributed by atoms with E-state index in [9.17, 15) is 9.59 Å². The first kappa shape index (κ1) is 21.8. The molecule has 1 aromatic heterocycles. The Morgan fingerprint density at radius 2 is 1.72 bits per heavy atom. The second kappa shape index (κ2) is 7.49. The van der Waals surface area contributed by atoms with Gasteiger partial charge in [-0.25, -0.2) is 4.79 Å². The molecule has 0 aromatic carbocycles. The Balaban J connectivity index is 1.32. The third-order valence-corrected chi connectivity index (χ3v) is 8.41. The molecule has 0 spiro atoms. The van der Waals surface area contributed by atoms with Crippen molar-refractivity contribution in [2.24, 2.45) is 30.2 Å². The molecule has 0 radical (unpaired) electrons. The first-order valence-corrected chi connectivity index (χ1v) is 12.4. The van der Waals surface area contributed by atoms with E-state index < -0.39 is 5.60 Å². The van der Waals surface area contributed by atoms with E-state index in [1.807, 2.05) is 27.8 Å². The van der Waals surface area contributed by atoms with Gasteiger partial charge >= 0.3 is 6.09 Å². The molecule has 1 aromatic rings. The van der Waals surface area contributed by atoms with Gasteiger partial charge in [0, 0.05) is 31.6 Å². The number of aromatic nitrogens is 2. The van der Waals surface area contributed by atoms with E-state index in [4.69, 9.17) is 4.74 Å². The summed E-state index contributed by atoms with van der Waals surface area (Å²) in [5.41, 5.74) is 2.08. The molecule has 1 atom stereocenters. The fraction of sp³-hybridized carbons (Fsp3) is 0.800. The van der Waals surface area contributed by atoms with Crippen LogP contribution in [-0.2, 0) is 24.8 Å². The monoisotopic (exact) mass is 442 g/mol. The average molecular weight is 443 g/mol. The summed E-state index contributed by atoms with van der Waals surface area (Å²) in [4.78, 5) is 27.8. The van der Waals surface area contributed by atoms with E-state index in [0.717, 1.165) is 29.0 Å². The summed E-state index contributed by atoms with van der Waals surface area (Å²) in [7, 11) is 1.83. The molecule has 2 heterocycles. The summed E-state index contributed by atoms with van der Waals surface area (Å²) in [5.74, 6) is 2.50. The maximum Gasteiger partial charge on any atom is 0.410 e. The van der Waals surface area contributed by atoms with Crippen molar-refractivity contribution in [3.05, 3.63) is 17.0 Å². The molecule has 0 saturated heterocycles. The molecule has 4 fully saturated rings. The van der Waals surface area contributed by atoms with E-state index in [1.54, 1.807) is 9.58 Å². The van der Waals surface area contributed by atoms with Gasteiger partial charge in [0.25, 0.3) is 5.91 Å². The van der Waals surface area contributed by atoms with Crippen LogP contribution in [0.5, 0.6) is 0 Å². The number of amides is 2. The minimum Gasteiger partial charge on any atom is -0.444 e. The van der Waals surface area contributed by atoms with Crippen LogP contribution in [0.3, 0.4) is 0 Å². The van der Waals surface area contributed by atoms with Gasteiger partial charge in [-0.3, -0.25) is 9.48 Å². The predicted molar refractivity (Wildman–Crippen MR) is 121 cm³/mol. The molecule has 1 aliphatic heterocycles. The van der Waals surface area contributed by atoms with Crippen LogP contribution < -0.4 is 5.32 Å². The lowest BCUT2D eigenvalue weighted by Gasteiger charge is -2.59. The van der Waals surface area contributed by atoms with Gasteiger partial charge < -0.3 is 15.0 Å². The summed E-state index contributed by atoms with van der Waals surface area (Å²) in [5, 5.41) is 8.00. The Morgan fingerprint density at radius 1 is 1.12 bits per heavy atom. The number of aryl methyl sites for hydroxylation is 1. The number of nitrogens with one attached hydrogen (secondary N) is 1. The van der Waals surface area contributed by atoms with E-state index in [1.165, 1.54) is 38.5 Å². The van der Waals surface area contributed by atoms with Gasteiger partial charge in [-0.15, -0.1) is 0 Å². The van der Waals surface area contributed by atoms with Gasteiger partial charge in [0.15, 0.2) is 0 Å². The number of nitrogens with zero attached hydrogens (tertiary/aromatic N) is 3. The van der Waals surface area contributed by atoms with Crippen molar-refractivity contribution in [2.75, 3.05) is 6.54 Å². The average Bonchev–Trinajstić information content (AvgIpc) is 3.00. The number of fused-ring (bicyclic) bond motifs is 1. The standard InChI is InChI=1S/C25H38N4O3/c1-15(25-11-16-8-17(12-25)10-18(9-16)13-25)26-22(30)21-19-14-29(23(31)32-24(2,3)4)7-6-20(19)27-28(21)5/h15-18H,6-14H2,1-5H3,(H,26,30). The molecule has 7 heteroatoms. The molecule has 7 nitrogen and oxygen atoms in total. The number of carbonyl (C=O) groups excluding carboxylic acids is 2. The lowest BCUT2D eigenvalue weighted by Crippen LogP contribution is -2.56. The molecule has 4 aliphatic carbocycles. The molecule has 176 valence electrons. The second-order valence-corrected chi connectivity index (χ2v) is 12.0. The summed E-state index contributed by atoms with van der Waals surface area (Å²) in [6.45, 7) is 8.75. The van der Waals surface area contributed by atoms with Crippen LogP contribution in [0.1, 0.15) is 88.0 Å². The Morgan fingerprint density at radius 3 is 2.28 bits per heavy atom. The van der Waals surface area contributed by atoms with Gasteiger partial charge in [-0.05, 0) is 89.4 Å². The topological polar surface area (TPSA) is 76.5 Å². The molecular weight excluding hydrogens is 404 g/mol. The van der Waals surface area contributed by atoms with Crippen molar-refractivity contribution >= 4 is 12.0 Å². The fourth-order valence-electron chi connectivity index (χ4n) is 7.39. The lowest BCUT2D eigenvalue weighted by molar-refractivity contribution is -0.0688. The molecule has 4 saturated carbocycles. The van der Waals surface area contributed by atoms with Gasteiger partial charge in [0.2, 0.25) is 0 Å². The molecule has 6 rings (SSSR count). The summed E-state index contributed by atoms with van der Waals surface area (Å²) in [6, 6.07) is 0.152. The van der Waals surface area contributed by atoms with Crippen molar-refractivity contribution in [1.82, 2.24) is 20.0 Å².